The zero-order chi connectivity index (χ0) is 36.3. The van der Waals surface area contributed by atoms with E-state index >= 15 is 0 Å². The molecule has 0 N–H and O–H groups in total. The first-order chi connectivity index (χ1) is 27.3. The van der Waals surface area contributed by atoms with Gasteiger partial charge in [-0.05, 0) is 84.9 Å². The molecule has 0 aliphatic heterocycles. The molecule has 2 heterocycles. The summed E-state index contributed by atoms with van der Waals surface area (Å²) in [6.07, 6.45) is 0. The van der Waals surface area contributed by atoms with Gasteiger partial charge in [-0.15, -0.1) is 0 Å². The first-order valence-corrected chi connectivity index (χ1v) is 18.6. The Balaban J connectivity index is 1.08. The summed E-state index contributed by atoms with van der Waals surface area (Å²) in [6, 6.07) is 68.8. The van der Waals surface area contributed by atoms with Crippen LogP contribution in [0.25, 0.3) is 105 Å². The molecule has 0 aliphatic rings. The molecule has 2 aromatic heterocycles. The zero-order valence-corrected chi connectivity index (χ0v) is 29.8. The summed E-state index contributed by atoms with van der Waals surface area (Å²) in [5.41, 5.74) is 8.62. The van der Waals surface area contributed by atoms with Crippen LogP contribution >= 0.6 is 0 Å². The summed E-state index contributed by atoms with van der Waals surface area (Å²) >= 11 is 0. The number of aromatic nitrogens is 4. The van der Waals surface area contributed by atoms with Crippen LogP contribution in [0.2, 0.25) is 0 Å². The number of rotatable bonds is 5. The highest BCUT2D eigenvalue weighted by Crippen LogP contribution is 2.41. The van der Waals surface area contributed by atoms with Crippen molar-refractivity contribution in [1.82, 2.24) is 19.5 Å². The van der Waals surface area contributed by atoms with E-state index in [2.05, 4.69) is 180 Å². The third-order valence-electron chi connectivity index (χ3n) is 10.8. The van der Waals surface area contributed by atoms with Crippen LogP contribution in [-0.4, -0.2) is 19.5 Å². The molecular weight excluding hydrogens is 669 g/mol. The molecule has 0 unspecified atom stereocenters. The van der Waals surface area contributed by atoms with E-state index in [1.54, 1.807) is 0 Å². The molecule has 0 aliphatic carbocycles. The van der Waals surface area contributed by atoms with E-state index in [1.807, 2.05) is 18.2 Å². The van der Waals surface area contributed by atoms with Crippen molar-refractivity contribution in [1.29, 1.82) is 0 Å². The molecule has 4 nitrogen and oxygen atoms in total. The van der Waals surface area contributed by atoms with Crippen LogP contribution < -0.4 is 0 Å². The van der Waals surface area contributed by atoms with Crippen LogP contribution in [0.4, 0.5) is 0 Å². The molecule has 0 atom stereocenters. The number of para-hydroxylation sites is 2. The standard InChI is InChI=1S/C51H32N4/c1-2-15-34(16-3-1)49-52-50(54-51(53-49)55-46-26-10-8-24-42(46)43-25-9-11-27-47(43)55)39-21-13-19-36(31-39)35-18-12-20-38(30-35)48-41-23-7-5-17-37(41)32-45-40-22-6-4-14-33(40)28-29-44(45)48/h1-32H. The summed E-state index contributed by atoms with van der Waals surface area (Å²) in [7, 11) is 0. The van der Waals surface area contributed by atoms with E-state index in [0.29, 0.717) is 17.6 Å². The second-order valence-corrected chi connectivity index (χ2v) is 14.0. The van der Waals surface area contributed by atoms with E-state index in [9.17, 15) is 0 Å². The Labute approximate surface area is 317 Å². The fourth-order valence-electron chi connectivity index (χ4n) is 8.27. The summed E-state index contributed by atoms with van der Waals surface area (Å²) < 4.78 is 2.16. The predicted molar refractivity (Wildman–Crippen MR) is 228 cm³/mol. The number of hydrogen-bond acceptors (Lipinski definition) is 3. The second kappa shape index (κ2) is 12.6. The van der Waals surface area contributed by atoms with Gasteiger partial charge in [-0.25, -0.2) is 4.98 Å². The van der Waals surface area contributed by atoms with Gasteiger partial charge in [-0.1, -0.05) is 164 Å². The normalized spacial score (nSPS) is 11.6. The molecule has 9 aromatic carbocycles. The van der Waals surface area contributed by atoms with Gasteiger partial charge in [-0.2, -0.15) is 9.97 Å². The molecule has 256 valence electrons. The largest absolute Gasteiger partial charge is 0.278 e. The van der Waals surface area contributed by atoms with E-state index < -0.39 is 0 Å². The Morgan fingerprint density at radius 3 is 1.55 bits per heavy atom. The highest BCUT2D eigenvalue weighted by Gasteiger charge is 2.18. The molecular formula is C51H32N4. The van der Waals surface area contributed by atoms with Gasteiger partial charge in [0.1, 0.15) is 0 Å². The maximum atomic E-state index is 5.21. The Morgan fingerprint density at radius 2 is 0.818 bits per heavy atom. The summed E-state index contributed by atoms with van der Waals surface area (Å²) in [5.74, 6) is 1.84. The number of benzene rings is 9. The summed E-state index contributed by atoms with van der Waals surface area (Å²) in [5, 5.41) is 9.83. The van der Waals surface area contributed by atoms with Gasteiger partial charge in [0, 0.05) is 21.9 Å². The lowest BCUT2D eigenvalue weighted by Gasteiger charge is -2.15. The van der Waals surface area contributed by atoms with E-state index in [0.717, 1.165) is 44.1 Å². The van der Waals surface area contributed by atoms with Crippen LogP contribution in [0, 0.1) is 0 Å². The molecule has 0 amide bonds. The quantitative estimate of drug-likeness (QED) is 0.133. The van der Waals surface area contributed by atoms with Gasteiger partial charge in [0.15, 0.2) is 11.6 Å². The predicted octanol–water partition coefficient (Wildman–Crippen LogP) is 13.1. The molecule has 0 saturated heterocycles. The van der Waals surface area contributed by atoms with Crippen LogP contribution in [0.5, 0.6) is 0 Å². The van der Waals surface area contributed by atoms with E-state index in [1.165, 1.54) is 43.4 Å². The fourth-order valence-corrected chi connectivity index (χ4v) is 8.27. The molecule has 0 radical (unpaired) electrons. The van der Waals surface area contributed by atoms with Gasteiger partial charge in [0.05, 0.1) is 11.0 Å². The monoisotopic (exact) mass is 700 g/mol. The Kier molecular flexibility index (Phi) is 7.14. The molecule has 4 heteroatoms. The summed E-state index contributed by atoms with van der Waals surface area (Å²) in [6.45, 7) is 0. The molecule has 55 heavy (non-hydrogen) atoms. The van der Waals surface area contributed by atoms with Gasteiger partial charge >= 0.3 is 0 Å². The molecule has 11 aromatic rings. The first kappa shape index (κ1) is 31.1. The number of fused-ring (bicyclic) bond motifs is 7. The topological polar surface area (TPSA) is 43.6 Å². The van der Waals surface area contributed by atoms with Crippen molar-refractivity contribution in [2.24, 2.45) is 0 Å². The van der Waals surface area contributed by atoms with Crippen LogP contribution in [-0.2, 0) is 0 Å². The van der Waals surface area contributed by atoms with Crippen molar-refractivity contribution in [2.75, 3.05) is 0 Å². The number of hydrogen-bond donors (Lipinski definition) is 0. The third kappa shape index (κ3) is 5.19. The van der Waals surface area contributed by atoms with E-state index in [-0.39, 0.29) is 0 Å². The smallest absolute Gasteiger partial charge is 0.238 e. The van der Waals surface area contributed by atoms with Crippen molar-refractivity contribution in [2.45, 2.75) is 0 Å². The van der Waals surface area contributed by atoms with Crippen molar-refractivity contribution < 1.29 is 0 Å². The second-order valence-electron chi connectivity index (χ2n) is 14.0. The average molecular weight is 701 g/mol. The van der Waals surface area contributed by atoms with Gasteiger partial charge in [0.2, 0.25) is 5.95 Å². The molecule has 0 saturated carbocycles. The number of nitrogens with zero attached hydrogens (tertiary/aromatic N) is 4. The highest BCUT2D eigenvalue weighted by atomic mass is 15.2. The zero-order valence-electron chi connectivity index (χ0n) is 29.8. The minimum Gasteiger partial charge on any atom is -0.278 e. The van der Waals surface area contributed by atoms with Crippen molar-refractivity contribution in [3.63, 3.8) is 0 Å². The lowest BCUT2D eigenvalue weighted by atomic mass is 9.89. The van der Waals surface area contributed by atoms with Crippen LogP contribution in [0.1, 0.15) is 0 Å². The van der Waals surface area contributed by atoms with Crippen molar-refractivity contribution in [3.05, 3.63) is 194 Å². The van der Waals surface area contributed by atoms with Crippen LogP contribution in [0.3, 0.4) is 0 Å². The van der Waals surface area contributed by atoms with E-state index in [4.69, 9.17) is 15.0 Å². The van der Waals surface area contributed by atoms with Gasteiger partial charge < -0.3 is 0 Å². The fraction of sp³-hybridized carbons (Fsp3) is 0. The van der Waals surface area contributed by atoms with Gasteiger partial charge in [0.25, 0.3) is 0 Å². The third-order valence-corrected chi connectivity index (χ3v) is 10.8. The lowest BCUT2D eigenvalue weighted by Crippen LogP contribution is -2.06. The average Bonchev–Trinajstić information content (AvgIpc) is 3.60. The summed E-state index contributed by atoms with van der Waals surface area (Å²) in [4.78, 5) is 15.4. The first-order valence-electron chi connectivity index (χ1n) is 18.6. The Morgan fingerprint density at radius 1 is 0.291 bits per heavy atom. The maximum Gasteiger partial charge on any atom is 0.238 e. The SMILES string of the molecule is c1ccc(-c2nc(-c3cccc(-c4cccc(-c5c6ccccc6cc6c5ccc5ccccc56)c4)c3)nc(-n3c4ccccc4c4ccccc43)n2)cc1. The Hall–Kier alpha value is -7.43. The van der Waals surface area contributed by atoms with Crippen LogP contribution in [0.15, 0.2) is 194 Å². The lowest BCUT2D eigenvalue weighted by molar-refractivity contribution is 0.953. The van der Waals surface area contributed by atoms with Gasteiger partial charge in [-0.3, -0.25) is 4.57 Å². The molecule has 0 spiro atoms. The Bertz CT molecular complexity index is 3220. The molecule has 11 rings (SSSR count). The maximum absolute atomic E-state index is 5.21. The molecule has 0 bridgehead atoms. The van der Waals surface area contributed by atoms with Crippen molar-refractivity contribution in [3.8, 4) is 51.0 Å². The minimum absolute atomic E-state index is 0.587. The van der Waals surface area contributed by atoms with Crippen molar-refractivity contribution >= 4 is 54.1 Å². The molecule has 0 fully saturated rings. The highest BCUT2D eigenvalue weighted by molar-refractivity contribution is 6.20. The minimum atomic E-state index is 0.587.